The number of hydrogen-bond donors (Lipinski definition) is 1. The van der Waals surface area contributed by atoms with Gasteiger partial charge in [-0.25, -0.2) is 0 Å². The van der Waals surface area contributed by atoms with Crippen LogP contribution < -0.4 is 0 Å². The SMILES string of the molecule is CN=Cc1cccc(-c2ccccc2)c1O.[Cl][Zr][Cl]. The van der Waals surface area contributed by atoms with Crippen molar-refractivity contribution in [2.45, 2.75) is 0 Å². The Labute approximate surface area is 131 Å². The fraction of sp³-hybridized carbons (Fsp3) is 0.0714. The van der Waals surface area contributed by atoms with E-state index in [4.69, 9.17) is 17.0 Å². The van der Waals surface area contributed by atoms with E-state index >= 15 is 0 Å². The van der Waals surface area contributed by atoms with Crippen molar-refractivity contribution in [1.29, 1.82) is 0 Å². The van der Waals surface area contributed by atoms with E-state index in [-0.39, 0.29) is 5.75 Å². The predicted molar refractivity (Wildman–Crippen MR) is 78.8 cm³/mol. The van der Waals surface area contributed by atoms with Crippen LogP contribution in [-0.2, 0) is 20.8 Å². The monoisotopic (exact) mass is 371 g/mol. The molecule has 2 aromatic carbocycles. The molecule has 0 saturated heterocycles. The average molecular weight is 373 g/mol. The number of nitrogens with zero attached hydrogens (tertiary/aromatic N) is 1. The van der Waals surface area contributed by atoms with Crippen LogP contribution in [0.5, 0.6) is 5.75 Å². The van der Waals surface area contributed by atoms with Gasteiger partial charge in [0.15, 0.2) is 0 Å². The van der Waals surface area contributed by atoms with Crippen LogP contribution >= 0.6 is 17.0 Å². The van der Waals surface area contributed by atoms with Crippen LogP contribution in [0.2, 0.25) is 0 Å². The van der Waals surface area contributed by atoms with Crippen molar-refractivity contribution in [2.75, 3.05) is 7.05 Å². The zero-order valence-corrected chi connectivity index (χ0v) is 14.3. The molecule has 0 heterocycles. The molecule has 2 nitrogen and oxygen atoms in total. The number of rotatable bonds is 2. The molecular weight excluding hydrogens is 360 g/mol. The summed E-state index contributed by atoms with van der Waals surface area (Å²) in [5, 5.41) is 10.1. The van der Waals surface area contributed by atoms with Crippen molar-refractivity contribution in [3.63, 3.8) is 0 Å². The minimum atomic E-state index is -0.826. The molecule has 0 unspecified atom stereocenters. The van der Waals surface area contributed by atoms with E-state index in [0.717, 1.165) is 16.7 Å². The Bertz CT molecular complexity index is 532. The molecule has 0 aliphatic carbocycles. The molecule has 0 amide bonds. The van der Waals surface area contributed by atoms with Gasteiger partial charge in [-0.3, -0.25) is 4.99 Å². The molecule has 0 atom stereocenters. The summed E-state index contributed by atoms with van der Waals surface area (Å²) < 4.78 is 0. The van der Waals surface area contributed by atoms with Crippen LogP contribution in [0.4, 0.5) is 0 Å². The van der Waals surface area contributed by atoms with E-state index in [1.807, 2.05) is 48.5 Å². The molecule has 0 fully saturated rings. The molecule has 1 N–H and O–H groups in total. The summed E-state index contributed by atoms with van der Waals surface area (Å²) >= 11 is -0.826. The number of phenols is 1. The number of para-hydroxylation sites is 1. The minimum absolute atomic E-state index is 0.277. The van der Waals surface area contributed by atoms with Crippen LogP contribution in [0.15, 0.2) is 53.5 Å². The maximum atomic E-state index is 10.1. The van der Waals surface area contributed by atoms with Crippen LogP contribution in [0, 0.1) is 0 Å². The van der Waals surface area contributed by atoms with Gasteiger partial charge in [0.1, 0.15) is 5.75 Å². The van der Waals surface area contributed by atoms with Crippen molar-refractivity contribution >= 4 is 23.2 Å². The van der Waals surface area contributed by atoms with E-state index in [1.54, 1.807) is 13.3 Å². The molecule has 0 aliphatic rings. The number of halogens is 2. The molecule has 0 aromatic heterocycles. The Morgan fingerprint density at radius 2 is 1.68 bits per heavy atom. The second-order valence-electron chi connectivity index (χ2n) is 3.57. The van der Waals surface area contributed by atoms with E-state index in [2.05, 4.69) is 4.99 Å². The first kappa shape index (κ1) is 16.4. The summed E-state index contributed by atoms with van der Waals surface area (Å²) in [6.45, 7) is 0. The molecule has 0 radical (unpaired) electrons. The first-order valence-corrected chi connectivity index (χ1v) is 11.8. The van der Waals surface area contributed by atoms with Crippen LogP contribution in [-0.4, -0.2) is 18.4 Å². The van der Waals surface area contributed by atoms with E-state index in [0.29, 0.717) is 0 Å². The first-order valence-electron chi connectivity index (χ1n) is 5.50. The Kier molecular flexibility index (Phi) is 8.04. The average Bonchev–Trinajstić information content (AvgIpc) is 2.43. The third-order valence-electron chi connectivity index (χ3n) is 2.42. The fourth-order valence-electron chi connectivity index (χ4n) is 1.66. The van der Waals surface area contributed by atoms with Gasteiger partial charge in [0.2, 0.25) is 0 Å². The standard InChI is InChI=1S/C14H13NO.2ClH.Zr/c1-15-10-12-8-5-9-13(14(12)16)11-6-3-2-4-7-11;;;/h2-10,16H,1H3;2*1H;/q;;;+2/p-2. The summed E-state index contributed by atoms with van der Waals surface area (Å²) in [6, 6.07) is 15.5. The molecule has 19 heavy (non-hydrogen) atoms. The fourth-order valence-corrected chi connectivity index (χ4v) is 1.66. The van der Waals surface area contributed by atoms with Crippen molar-refractivity contribution in [3.05, 3.63) is 54.1 Å². The molecule has 0 spiro atoms. The topological polar surface area (TPSA) is 32.6 Å². The number of phenolic OH excluding ortho intramolecular Hbond substituents is 1. The second kappa shape index (κ2) is 9.30. The third kappa shape index (κ3) is 5.10. The van der Waals surface area contributed by atoms with Crippen LogP contribution in [0.1, 0.15) is 5.56 Å². The number of hydrogen-bond acceptors (Lipinski definition) is 2. The van der Waals surface area contributed by atoms with Gasteiger partial charge in [-0.1, -0.05) is 42.5 Å². The van der Waals surface area contributed by atoms with Gasteiger partial charge in [0.25, 0.3) is 0 Å². The van der Waals surface area contributed by atoms with E-state index in [1.165, 1.54) is 0 Å². The molecule has 0 aliphatic heterocycles. The Morgan fingerprint density at radius 3 is 2.26 bits per heavy atom. The number of aliphatic imine (C=N–C) groups is 1. The summed E-state index contributed by atoms with van der Waals surface area (Å²) in [4.78, 5) is 3.92. The Morgan fingerprint density at radius 1 is 1.05 bits per heavy atom. The third-order valence-corrected chi connectivity index (χ3v) is 2.42. The summed E-state index contributed by atoms with van der Waals surface area (Å²) in [5.74, 6) is 0.277. The molecule has 0 saturated carbocycles. The molecule has 0 bridgehead atoms. The van der Waals surface area contributed by atoms with Crippen molar-refractivity contribution in [1.82, 2.24) is 0 Å². The quantitative estimate of drug-likeness (QED) is 0.774. The van der Waals surface area contributed by atoms with Gasteiger partial charge in [0, 0.05) is 24.4 Å². The summed E-state index contributed by atoms with van der Waals surface area (Å²) in [5.41, 5.74) is 2.58. The molecular formula is C14H13Cl2NOZr. The van der Waals surface area contributed by atoms with Crippen molar-refractivity contribution in [2.24, 2.45) is 4.99 Å². The Balaban J connectivity index is 0.000000550. The Hall–Kier alpha value is -0.627. The summed E-state index contributed by atoms with van der Waals surface area (Å²) in [6.07, 6.45) is 1.65. The zero-order chi connectivity index (χ0) is 14.1. The first-order chi connectivity index (χ1) is 9.24. The van der Waals surface area contributed by atoms with Gasteiger partial charge in [-0.15, -0.1) is 0 Å². The number of aromatic hydroxyl groups is 1. The van der Waals surface area contributed by atoms with Gasteiger partial charge in [-0.05, 0) is 11.6 Å². The van der Waals surface area contributed by atoms with Gasteiger partial charge < -0.3 is 5.11 Å². The van der Waals surface area contributed by atoms with Gasteiger partial charge in [0.05, 0.1) is 0 Å². The van der Waals surface area contributed by atoms with Gasteiger partial charge in [-0.2, -0.15) is 0 Å². The van der Waals surface area contributed by atoms with Gasteiger partial charge >= 0.3 is 37.9 Å². The normalized spacial score (nSPS) is 9.84. The predicted octanol–water partition coefficient (Wildman–Crippen LogP) is 4.48. The zero-order valence-electron chi connectivity index (χ0n) is 10.3. The summed E-state index contributed by atoms with van der Waals surface area (Å²) in [7, 11) is 11.6. The number of benzene rings is 2. The van der Waals surface area contributed by atoms with E-state index in [9.17, 15) is 5.11 Å². The molecule has 2 rings (SSSR count). The molecule has 98 valence electrons. The van der Waals surface area contributed by atoms with E-state index < -0.39 is 20.8 Å². The van der Waals surface area contributed by atoms with Crippen molar-refractivity contribution < 1.29 is 26.0 Å². The van der Waals surface area contributed by atoms with Crippen LogP contribution in [0.3, 0.4) is 0 Å². The van der Waals surface area contributed by atoms with Crippen LogP contribution in [0.25, 0.3) is 11.1 Å². The molecule has 5 heteroatoms. The van der Waals surface area contributed by atoms with Crippen molar-refractivity contribution in [3.8, 4) is 16.9 Å². The second-order valence-corrected chi connectivity index (χ2v) is 7.30. The maximum absolute atomic E-state index is 10.1. The molecule has 2 aromatic rings.